The number of para-hydroxylation sites is 1. The van der Waals surface area contributed by atoms with Gasteiger partial charge in [0.25, 0.3) is 0 Å². The number of benzene rings is 1. The van der Waals surface area contributed by atoms with Crippen LogP contribution in [-0.2, 0) is 19.4 Å². The van der Waals surface area contributed by atoms with Crippen molar-refractivity contribution in [2.75, 3.05) is 31.3 Å². The molecule has 0 aliphatic carbocycles. The number of carbonyl (C=O) groups is 1. The minimum absolute atomic E-state index is 0. The van der Waals surface area contributed by atoms with Crippen molar-refractivity contribution < 1.29 is 17.9 Å². The van der Waals surface area contributed by atoms with Gasteiger partial charge in [-0.2, -0.15) is 5.10 Å². The van der Waals surface area contributed by atoms with Crippen LogP contribution in [0.1, 0.15) is 6.42 Å². The van der Waals surface area contributed by atoms with Gasteiger partial charge in [0.05, 0.1) is 41.9 Å². The molecule has 0 bridgehead atoms. The molecule has 0 spiro atoms. The number of carbonyl (C=O) groups excluding carboxylic acids is 1. The Balaban J connectivity index is 0.00000243. The van der Waals surface area contributed by atoms with Crippen LogP contribution in [0.2, 0.25) is 0 Å². The summed E-state index contributed by atoms with van der Waals surface area (Å²) in [5.41, 5.74) is 0.942. The van der Waals surface area contributed by atoms with E-state index >= 15 is 0 Å². The highest BCUT2D eigenvalue weighted by molar-refractivity contribution is 7.90. The van der Waals surface area contributed by atoms with Gasteiger partial charge in [0.2, 0.25) is 5.91 Å². The molecule has 2 N–H and O–H groups in total. The predicted molar refractivity (Wildman–Crippen MR) is 99.8 cm³/mol. The van der Waals surface area contributed by atoms with Gasteiger partial charge in [-0.25, -0.2) is 13.1 Å². The Morgan fingerprint density at radius 1 is 1.42 bits per heavy atom. The topological polar surface area (TPSA) is 102 Å². The summed E-state index contributed by atoms with van der Waals surface area (Å²) >= 11 is 0. The van der Waals surface area contributed by atoms with Crippen LogP contribution in [0.15, 0.2) is 41.6 Å². The zero-order valence-electron chi connectivity index (χ0n) is 14.2. The number of anilines is 1. The lowest BCUT2D eigenvalue weighted by Gasteiger charge is -2.23. The Bertz CT molecular complexity index is 863. The fraction of sp³-hybridized carbons (Fsp3) is 0.375. The molecule has 1 aromatic carbocycles. The van der Waals surface area contributed by atoms with Crippen molar-refractivity contribution in [3.05, 3.63) is 36.7 Å². The molecule has 1 aliphatic heterocycles. The van der Waals surface area contributed by atoms with E-state index in [1.165, 1.54) is 16.9 Å². The molecule has 0 radical (unpaired) electrons. The number of halogens is 1. The predicted octanol–water partition coefficient (Wildman–Crippen LogP) is 1.01. The zero-order valence-corrected chi connectivity index (χ0v) is 15.8. The number of nitrogens with zero attached hydrogens (tertiary/aromatic N) is 2. The van der Waals surface area contributed by atoms with Gasteiger partial charge in [0.1, 0.15) is 0 Å². The number of hydrogen-bond donors (Lipinski definition) is 2. The highest BCUT2D eigenvalue weighted by Crippen LogP contribution is 2.20. The molecule has 0 saturated carbocycles. The van der Waals surface area contributed by atoms with Gasteiger partial charge in [-0.15, -0.1) is 12.4 Å². The average Bonchev–Trinajstić information content (AvgIpc) is 3.03. The first kappa shape index (κ1) is 20.4. The molecule has 1 fully saturated rings. The van der Waals surface area contributed by atoms with E-state index in [4.69, 9.17) is 4.74 Å². The van der Waals surface area contributed by atoms with E-state index in [0.717, 1.165) is 12.8 Å². The molecule has 2 heterocycles. The van der Waals surface area contributed by atoms with Crippen molar-refractivity contribution in [3.63, 3.8) is 0 Å². The van der Waals surface area contributed by atoms with E-state index in [1.54, 1.807) is 24.4 Å². The Kier molecular flexibility index (Phi) is 6.76. The molecular formula is C16H21ClN4O4S. The van der Waals surface area contributed by atoms with Gasteiger partial charge in [0, 0.05) is 25.3 Å². The standard InChI is InChI=1S/C16H20N4O4S.ClH/c1-25(22,23)15-5-3-2-4-14(15)20-10-13(9-18-20)19-16(21)8-12-11-24-7-6-17-12;/h2-5,9-10,12,17H,6-8,11H2,1H3,(H,19,21);1H. The molecule has 3 rings (SSSR count). The lowest BCUT2D eigenvalue weighted by Crippen LogP contribution is -2.43. The van der Waals surface area contributed by atoms with Gasteiger partial charge < -0.3 is 15.4 Å². The first-order valence-corrected chi connectivity index (χ1v) is 9.78. The second-order valence-corrected chi connectivity index (χ2v) is 7.88. The van der Waals surface area contributed by atoms with Gasteiger partial charge in [-0.05, 0) is 12.1 Å². The molecule has 1 atom stereocenters. The summed E-state index contributed by atoms with van der Waals surface area (Å²) in [6, 6.07) is 6.58. The van der Waals surface area contributed by atoms with Crippen LogP contribution in [0.25, 0.3) is 5.69 Å². The molecule has 10 heteroatoms. The molecule has 2 aromatic rings. The first-order chi connectivity index (χ1) is 11.9. The third-order valence-corrected chi connectivity index (χ3v) is 4.95. The molecule has 1 unspecified atom stereocenters. The molecular weight excluding hydrogens is 380 g/mol. The minimum atomic E-state index is -3.38. The smallest absolute Gasteiger partial charge is 0.226 e. The zero-order chi connectivity index (χ0) is 17.9. The number of hydrogen-bond acceptors (Lipinski definition) is 6. The minimum Gasteiger partial charge on any atom is -0.378 e. The number of nitrogens with one attached hydrogen (secondary N) is 2. The van der Waals surface area contributed by atoms with Crippen LogP contribution < -0.4 is 10.6 Å². The van der Waals surface area contributed by atoms with E-state index in [9.17, 15) is 13.2 Å². The Labute approximate surface area is 158 Å². The number of ether oxygens (including phenoxy) is 1. The van der Waals surface area contributed by atoms with Crippen molar-refractivity contribution in [2.45, 2.75) is 17.4 Å². The normalized spacial score (nSPS) is 17.3. The molecule has 1 aromatic heterocycles. The van der Waals surface area contributed by atoms with E-state index in [2.05, 4.69) is 15.7 Å². The van der Waals surface area contributed by atoms with Crippen LogP contribution in [-0.4, -0.2) is 56.2 Å². The van der Waals surface area contributed by atoms with Crippen molar-refractivity contribution in [3.8, 4) is 5.69 Å². The summed E-state index contributed by atoms with van der Waals surface area (Å²) in [6.45, 7) is 1.90. The number of morpholine rings is 1. The van der Waals surface area contributed by atoms with E-state index in [1.807, 2.05) is 0 Å². The molecule has 1 amide bonds. The second-order valence-electron chi connectivity index (χ2n) is 5.89. The third kappa shape index (κ3) is 5.04. The third-order valence-electron chi connectivity index (χ3n) is 3.81. The van der Waals surface area contributed by atoms with Gasteiger partial charge in [-0.1, -0.05) is 12.1 Å². The lowest BCUT2D eigenvalue weighted by atomic mass is 10.2. The van der Waals surface area contributed by atoms with Crippen LogP contribution in [0.3, 0.4) is 0 Å². The van der Waals surface area contributed by atoms with Crippen LogP contribution in [0, 0.1) is 0 Å². The van der Waals surface area contributed by atoms with Gasteiger partial charge in [-0.3, -0.25) is 4.79 Å². The van der Waals surface area contributed by atoms with E-state index in [-0.39, 0.29) is 29.3 Å². The molecule has 1 saturated heterocycles. The second kappa shape index (κ2) is 8.63. The number of amides is 1. The van der Waals surface area contributed by atoms with Crippen molar-refractivity contribution in [1.82, 2.24) is 15.1 Å². The van der Waals surface area contributed by atoms with Gasteiger partial charge >= 0.3 is 0 Å². The maximum atomic E-state index is 12.1. The Morgan fingerprint density at radius 2 is 2.19 bits per heavy atom. The summed E-state index contributed by atoms with van der Waals surface area (Å²) in [5.74, 6) is -0.154. The first-order valence-electron chi connectivity index (χ1n) is 7.88. The fourth-order valence-electron chi connectivity index (χ4n) is 2.67. The van der Waals surface area contributed by atoms with Crippen molar-refractivity contribution in [1.29, 1.82) is 0 Å². The van der Waals surface area contributed by atoms with Crippen LogP contribution >= 0.6 is 12.4 Å². The number of rotatable bonds is 5. The van der Waals surface area contributed by atoms with E-state index in [0.29, 0.717) is 31.0 Å². The average molecular weight is 401 g/mol. The largest absolute Gasteiger partial charge is 0.378 e. The highest BCUT2D eigenvalue weighted by Gasteiger charge is 2.18. The van der Waals surface area contributed by atoms with Gasteiger partial charge in [0.15, 0.2) is 9.84 Å². The summed E-state index contributed by atoms with van der Waals surface area (Å²) in [4.78, 5) is 12.3. The molecule has 1 aliphatic rings. The molecule has 142 valence electrons. The lowest BCUT2D eigenvalue weighted by molar-refractivity contribution is -0.117. The quantitative estimate of drug-likeness (QED) is 0.776. The number of sulfone groups is 1. The Morgan fingerprint density at radius 3 is 2.88 bits per heavy atom. The molecule has 26 heavy (non-hydrogen) atoms. The maximum absolute atomic E-state index is 12.1. The summed E-state index contributed by atoms with van der Waals surface area (Å²) < 4.78 is 30.6. The molecule has 8 nitrogen and oxygen atoms in total. The van der Waals surface area contributed by atoms with E-state index < -0.39 is 9.84 Å². The highest BCUT2D eigenvalue weighted by atomic mass is 35.5. The maximum Gasteiger partial charge on any atom is 0.226 e. The fourth-order valence-corrected chi connectivity index (χ4v) is 3.53. The summed E-state index contributed by atoms with van der Waals surface area (Å²) in [5, 5.41) is 10.1. The summed E-state index contributed by atoms with van der Waals surface area (Å²) in [6.07, 6.45) is 4.52. The van der Waals surface area contributed by atoms with Crippen LogP contribution in [0.4, 0.5) is 5.69 Å². The summed E-state index contributed by atoms with van der Waals surface area (Å²) in [7, 11) is -3.38. The number of aromatic nitrogens is 2. The SMILES string of the molecule is CS(=O)(=O)c1ccccc1-n1cc(NC(=O)CC2COCCN2)cn1.Cl. The Hall–Kier alpha value is -1.94. The van der Waals surface area contributed by atoms with Crippen LogP contribution in [0.5, 0.6) is 0 Å². The monoisotopic (exact) mass is 400 g/mol. The van der Waals surface area contributed by atoms with Crippen molar-refractivity contribution in [2.24, 2.45) is 0 Å². The van der Waals surface area contributed by atoms with Crippen molar-refractivity contribution >= 4 is 33.8 Å².